The van der Waals surface area contributed by atoms with Gasteiger partial charge in [-0.1, -0.05) is 32.0 Å². The molecular formula is C17H24N2O2. The normalized spacial score (nSPS) is 11.2. The van der Waals surface area contributed by atoms with E-state index in [1.54, 1.807) is 0 Å². The molecule has 0 saturated heterocycles. The lowest BCUT2D eigenvalue weighted by molar-refractivity contribution is -0.143. The summed E-state index contributed by atoms with van der Waals surface area (Å²) in [7, 11) is 0. The van der Waals surface area contributed by atoms with Crippen LogP contribution in [0.25, 0.3) is 10.9 Å². The van der Waals surface area contributed by atoms with Crippen LogP contribution in [-0.4, -0.2) is 23.7 Å². The van der Waals surface area contributed by atoms with Gasteiger partial charge in [-0.25, -0.2) is 0 Å². The third kappa shape index (κ3) is 4.08. The van der Waals surface area contributed by atoms with E-state index >= 15 is 0 Å². The van der Waals surface area contributed by atoms with Crippen LogP contribution in [0.1, 0.15) is 26.3 Å². The average Bonchev–Trinajstić information content (AvgIpc) is 2.83. The van der Waals surface area contributed by atoms with Gasteiger partial charge in [0.25, 0.3) is 0 Å². The lowest BCUT2D eigenvalue weighted by Crippen LogP contribution is -2.20. The molecule has 0 aliphatic heterocycles. The molecule has 114 valence electrons. The molecule has 2 rings (SSSR count). The van der Waals surface area contributed by atoms with Crippen LogP contribution in [0.15, 0.2) is 30.5 Å². The van der Waals surface area contributed by atoms with Crippen molar-refractivity contribution in [2.24, 2.45) is 5.92 Å². The van der Waals surface area contributed by atoms with Gasteiger partial charge in [0.05, 0.1) is 12.1 Å². The Bertz CT molecular complexity index is 602. The number of carbonyl (C=O) groups is 1. The van der Waals surface area contributed by atoms with Crippen LogP contribution in [0.5, 0.6) is 0 Å². The maximum Gasteiger partial charge on any atom is 0.325 e. The van der Waals surface area contributed by atoms with Crippen LogP contribution in [0.2, 0.25) is 0 Å². The van der Waals surface area contributed by atoms with Crippen molar-refractivity contribution in [1.29, 1.82) is 0 Å². The summed E-state index contributed by atoms with van der Waals surface area (Å²) in [6.45, 7) is 8.68. The number of nitrogens with one attached hydrogen (secondary N) is 1. The van der Waals surface area contributed by atoms with Crippen molar-refractivity contribution >= 4 is 16.9 Å². The number of ether oxygens (including phenoxy) is 1. The topological polar surface area (TPSA) is 43.3 Å². The zero-order valence-electron chi connectivity index (χ0n) is 13.1. The first-order valence-corrected chi connectivity index (χ1v) is 7.55. The standard InChI is InChI=1S/C17H24N2O2/c1-4-21-16(20)12-19-9-8-14-6-5-7-15(17(14)19)11-18-10-13(2)3/h5-9,13,18H,4,10-12H2,1-3H3. The molecule has 1 N–H and O–H groups in total. The predicted octanol–water partition coefficient (Wildman–Crippen LogP) is 2.95. The first-order chi connectivity index (χ1) is 10.1. The third-order valence-electron chi connectivity index (χ3n) is 3.34. The molecule has 4 nitrogen and oxygen atoms in total. The summed E-state index contributed by atoms with van der Waals surface area (Å²) >= 11 is 0. The number of para-hydroxylation sites is 1. The fourth-order valence-electron chi connectivity index (χ4n) is 2.46. The summed E-state index contributed by atoms with van der Waals surface area (Å²) in [6.07, 6.45) is 1.95. The summed E-state index contributed by atoms with van der Waals surface area (Å²) < 4.78 is 7.01. The predicted molar refractivity (Wildman–Crippen MR) is 85.1 cm³/mol. The van der Waals surface area contributed by atoms with E-state index in [9.17, 15) is 4.79 Å². The highest BCUT2D eigenvalue weighted by Crippen LogP contribution is 2.20. The zero-order chi connectivity index (χ0) is 15.2. The number of benzene rings is 1. The van der Waals surface area contributed by atoms with Gasteiger partial charge in [0.1, 0.15) is 6.54 Å². The molecule has 0 aliphatic rings. The molecule has 0 spiro atoms. The summed E-state index contributed by atoms with van der Waals surface area (Å²) in [5.74, 6) is 0.426. The van der Waals surface area contributed by atoms with E-state index in [1.165, 1.54) is 5.56 Å². The van der Waals surface area contributed by atoms with Gasteiger partial charge in [0.15, 0.2) is 0 Å². The molecule has 21 heavy (non-hydrogen) atoms. The van der Waals surface area contributed by atoms with Crippen molar-refractivity contribution in [2.75, 3.05) is 13.2 Å². The van der Waals surface area contributed by atoms with Gasteiger partial charge < -0.3 is 14.6 Å². The molecule has 0 radical (unpaired) electrons. The van der Waals surface area contributed by atoms with Crippen LogP contribution in [0, 0.1) is 5.92 Å². The van der Waals surface area contributed by atoms with Crippen molar-refractivity contribution in [2.45, 2.75) is 33.9 Å². The molecule has 0 aliphatic carbocycles. The summed E-state index contributed by atoms with van der Waals surface area (Å²) in [5, 5.41) is 4.61. The van der Waals surface area contributed by atoms with Gasteiger partial charge in [-0.2, -0.15) is 0 Å². The fraction of sp³-hybridized carbons (Fsp3) is 0.471. The Morgan fingerprint density at radius 1 is 1.33 bits per heavy atom. The zero-order valence-corrected chi connectivity index (χ0v) is 13.1. The van der Waals surface area contributed by atoms with E-state index in [-0.39, 0.29) is 12.5 Å². The molecule has 1 heterocycles. The maximum atomic E-state index is 11.7. The van der Waals surface area contributed by atoms with Crippen molar-refractivity contribution in [3.8, 4) is 0 Å². The second-order valence-electron chi connectivity index (χ2n) is 5.63. The molecule has 0 bridgehead atoms. The van der Waals surface area contributed by atoms with E-state index in [0.717, 1.165) is 24.0 Å². The monoisotopic (exact) mass is 288 g/mol. The van der Waals surface area contributed by atoms with Crippen molar-refractivity contribution in [1.82, 2.24) is 9.88 Å². The minimum atomic E-state index is -0.194. The molecule has 1 aromatic carbocycles. The molecule has 4 heteroatoms. The van der Waals surface area contributed by atoms with Gasteiger partial charge in [0.2, 0.25) is 0 Å². The highest BCUT2D eigenvalue weighted by Gasteiger charge is 2.10. The van der Waals surface area contributed by atoms with Crippen LogP contribution >= 0.6 is 0 Å². The number of carbonyl (C=O) groups excluding carboxylic acids is 1. The third-order valence-corrected chi connectivity index (χ3v) is 3.34. The highest BCUT2D eigenvalue weighted by molar-refractivity contribution is 5.85. The molecule has 0 amide bonds. The van der Waals surface area contributed by atoms with E-state index in [1.807, 2.05) is 23.8 Å². The van der Waals surface area contributed by atoms with Crippen molar-refractivity contribution in [3.05, 3.63) is 36.0 Å². The second-order valence-corrected chi connectivity index (χ2v) is 5.63. The molecule has 0 atom stereocenters. The Balaban J connectivity index is 2.20. The van der Waals surface area contributed by atoms with Crippen molar-refractivity contribution < 1.29 is 9.53 Å². The van der Waals surface area contributed by atoms with Crippen LogP contribution in [0.4, 0.5) is 0 Å². The van der Waals surface area contributed by atoms with Gasteiger partial charge in [-0.15, -0.1) is 0 Å². The average molecular weight is 288 g/mol. The summed E-state index contributed by atoms with van der Waals surface area (Å²) in [6, 6.07) is 8.28. The molecule has 0 fully saturated rings. The molecule has 0 saturated carbocycles. The number of esters is 1. The number of aromatic nitrogens is 1. The Kier molecular flexibility index (Phi) is 5.39. The van der Waals surface area contributed by atoms with E-state index < -0.39 is 0 Å². The number of fused-ring (bicyclic) bond motifs is 1. The Hall–Kier alpha value is -1.81. The Labute approximate surface area is 126 Å². The van der Waals surface area contributed by atoms with E-state index in [0.29, 0.717) is 12.5 Å². The van der Waals surface area contributed by atoms with E-state index in [2.05, 4.69) is 37.4 Å². The number of hydrogen-bond acceptors (Lipinski definition) is 3. The second kappa shape index (κ2) is 7.27. The number of rotatable bonds is 7. The Morgan fingerprint density at radius 3 is 2.86 bits per heavy atom. The first-order valence-electron chi connectivity index (χ1n) is 7.55. The first kappa shape index (κ1) is 15.6. The van der Waals surface area contributed by atoms with Gasteiger partial charge in [-0.05, 0) is 36.4 Å². The minimum absolute atomic E-state index is 0.194. The van der Waals surface area contributed by atoms with E-state index in [4.69, 9.17) is 4.74 Å². The number of nitrogens with zero attached hydrogens (tertiary/aromatic N) is 1. The summed E-state index contributed by atoms with van der Waals surface area (Å²) in [4.78, 5) is 11.7. The highest BCUT2D eigenvalue weighted by atomic mass is 16.5. The summed E-state index contributed by atoms with van der Waals surface area (Å²) in [5.41, 5.74) is 2.32. The molecule has 1 aromatic heterocycles. The quantitative estimate of drug-likeness (QED) is 0.797. The maximum absolute atomic E-state index is 11.7. The Morgan fingerprint density at radius 2 is 2.14 bits per heavy atom. The van der Waals surface area contributed by atoms with Crippen molar-refractivity contribution in [3.63, 3.8) is 0 Å². The lowest BCUT2D eigenvalue weighted by atomic mass is 10.1. The molecule has 2 aromatic rings. The minimum Gasteiger partial charge on any atom is -0.465 e. The molecule has 0 unspecified atom stereocenters. The largest absolute Gasteiger partial charge is 0.465 e. The lowest BCUT2D eigenvalue weighted by Gasteiger charge is -2.11. The fourth-order valence-corrected chi connectivity index (χ4v) is 2.46. The van der Waals surface area contributed by atoms with Crippen LogP contribution in [0.3, 0.4) is 0 Å². The molecular weight excluding hydrogens is 264 g/mol. The van der Waals surface area contributed by atoms with Crippen LogP contribution < -0.4 is 5.32 Å². The van der Waals surface area contributed by atoms with Gasteiger partial charge in [-0.3, -0.25) is 4.79 Å². The smallest absolute Gasteiger partial charge is 0.325 e. The number of hydrogen-bond donors (Lipinski definition) is 1. The van der Waals surface area contributed by atoms with Gasteiger partial charge >= 0.3 is 5.97 Å². The van der Waals surface area contributed by atoms with Crippen LogP contribution in [-0.2, 0) is 22.6 Å². The SMILES string of the molecule is CCOC(=O)Cn1ccc2cccc(CNCC(C)C)c21. The van der Waals surface area contributed by atoms with Gasteiger partial charge in [0, 0.05) is 12.7 Å².